The van der Waals surface area contributed by atoms with Crippen molar-refractivity contribution in [1.82, 2.24) is 0 Å². The number of hydrogen-bond donors (Lipinski definition) is 1. The Labute approximate surface area is 140 Å². The van der Waals surface area contributed by atoms with Gasteiger partial charge in [0.25, 0.3) is 0 Å². The number of allylic oxidation sites excluding steroid dienone is 1. The highest BCUT2D eigenvalue weighted by molar-refractivity contribution is 5.28. The minimum atomic E-state index is -0.774. The van der Waals surface area contributed by atoms with Crippen molar-refractivity contribution in [3.63, 3.8) is 0 Å². The lowest BCUT2D eigenvalue weighted by atomic mass is 9.90. The lowest BCUT2D eigenvalue weighted by Gasteiger charge is -2.21. The fourth-order valence-electron chi connectivity index (χ4n) is 3.71. The van der Waals surface area contributed by atoms with Crippen LogP contribution in [0.1, 0.15) is 59.8 Å². The highest BCUT2D eigenvalue weighted by Gasteiger charge is 2.50. The Morgan fingerprint density at radius 3 is 2.78 bits per heavy atom. The topological polar surface area (TPSA) is 42.0 Å². The third-order valence-electron chi connectivity index (χ3n) is 5.54. The van der Waals surface area contributed by atoms with Crippen LogP contribution in [0.25, 0.3) is 0 Å². The summed E-state index contributed by atoms with van der Waals surface area (Å²) >= 11 is 0. The normalized spacial score (nSPS) is 41.9. The zero-order valence-electron chi connectivity index (χ0n) is 14.9. The predicted octanol–water partition coefficient (Wildman–Crippen LogP) is 4.08. The first-order valence-corrected chi connectivity index (χ1v) is 8.84. The first-order chi connectivity index (χ1) is 10.8. The number of rotatable bonds is 0. The van der Waals surface area contributed by atoms with Crippen molar-refractivity contribution in [2.45, 2.75) is 83.2 Å². The van der Waals surface area contributed by atoms with Crippen molar-refractivity contribution in [3.8, 4) is 0 Å². The Bertz CT molecular complexity index is 555. The molecule has 3 nitrogen and oxygen atoms in total. The average molecular weight is 318 g/mol. The van der Waals surface area contributed by atoms with E-state index in [2.05, 4.69) is 32.9 Å². The average Bonchev–Trinajstić information content (AvgIpc) is 2.98. The molecule has 0 radical (unpaired) electrons. The van der Waals surface area contributed by atoms with E-state index in [-0.39, 0.29) is 11.7 Å². The fourth-order valence-corrected chi connectivity index (χ4v) is 3.71. The van der Waals surface area contributed by atoms with Crippen LogP contribution in [-0.4, -0.2) is 35.1 Å². The van der Waals surface area contributed by atoms with Gasteiger partial charge in [-0.1, -0.05) is 23.8 Å². The first-order valence-electron chi connectivity index (χ1n) is 8.84. The second-order valence-electron chi connectivity index (χ2n) is 7.97. The van der Waals surface area contributed by atoms with Gasteiger partial charge in [-0.3, -0.25) is 0 Å². The molecular formula is C20H30O3. The molecule has 0 amide bonds. The molecule has 3 aliphatic rings. The lowest BCUT2D eigenvalue weighted by Crippen LogP contribution is -2.22. The van der Waals surface area contributed by atoms with Gasteiger partial charge in [0.05, 0.1) is 30.0 Å². The van der Waals surface area contributed by atoms with Crippen LogP contribution in [0.3, 0.4) is 0 Å². The molecule has 0 bridgehead atoms. The van der Waals surface area contributed by atoms with Gasteiger partial charge in [0.1, 0.15) is 0 Å². The van der Waals surface area contributed by atoms with E-state index >= 15 is 0 Å². The van der Waals surface area contributed by atoms with Gasteiger partial charge in [0.2, 0.25) is 0 Å². The van der Waals surface area contributed by atoms with Crippen LogP contribution in [0.2, 0.25) is 0 Å². The van der Waals surface area contributed by atoms with E-state index in [4.69, 9.17) is 9.47 Å². The van der Waals surface area contributed by atoms with Crippen molar-refractivity contribution in [3.05, 3.63) is 34.9 Å². The molecule has 0 aromatic heterocycles. The van der Waals surface area contributed by atoms with Crippen LogP contribution in [0.5, 0.6) is 0 Å². The van der Waals surface area contributed by atoms with Gasteiger partial charge in [-0.05, 0) is 70.9 Å². The summed E-state index contributed by atoms with van der Waals surface area (Å²) in [4.78, 5) is 0. The summed E-state index contributed by atoms with van der Waals surface area (Å²) in [6, 6.07) is 0. The Kier molecular flexibility index (Phi) is 4.56. The molecule has 4 atom stereocenters. The maximum absolute atomic E-state index is 10.6. The summed E-state index contributed by atoms with van der Waals surface area (Å²) in [6.07, 6.45) is 11.3. The Morgan fingerprint density at radius 2 is 2.00 bits per heavy atom. The van der Waals surface area contributed by atoms with E-state index in [0.717, 1.165) is 32.1 Å². The third-order valence-corrected chi connectivity index (χ3v) is 5.54. The molecule has 1 aliphatic carbocycles. The summed E-state index contributed by atoms with van der Waals surface area (Å²) in [5.74, 6) is 0. The number of fused-ring (bicyclic) bond motifs is 2. The molecule has 3 heteroatoms. The van der Waals surface area contributed by atoms with E-state index in [1.54, 1.807) is 0 Å². The molecule has 2 heterocycles. The molecule has 2 aliphatic heterocycles. The summed E-state index contributed by atoms with van der Waals surface area (Å²) < 4.78 is 11.8. The molecule has 0 saturated carbocycles. The fraction of sp³-hybridized carbons (Fsp3) is 0.700. The van der Waals surface area contributed by atoms with E-state index in [1.807, 2.05) is 13.0 Å². The van der Waals surface area contributed by atoms with Crippen molar-refractivity contribution < 1.29 is 14.6 Å². The highest BCUT2D eigenvalue weighted by atomic mass is 16.6. The van der Waals surface area contributed by atoms with Crippen LogP contribution in [0.15, 0.2) is 34.9 Å². The number of aliphatic hydroxyl groups is 1. The minimum Gasteiger partial charge on any atom is -0.386 e. The monoisotopic (exact) mass is 318 g/mol. The van der Waals surface area contributed by atoms with Gasteiger partial charge in [-0.25, -0.2) is 0 Å². The maximum atomic E-state index is 10.6. The molecule has 0 aromatic rings. The SMILES string of the molecule is CC1=CC2OCC(C)=C2CCC(C)(O)C=CCC2(C)OC2CC1. The third kappa shape index (κ3) is 3.96. The van der Waals surface area contributed by atoms with Gasteiger partial charge < -0.3 is 14.6 Å². The number of hydrogen-bond acceptors (Lipinski definition) is 3. The van der Waals surface area contributed by atoms with E-state index in [1.165, 1.54) is 16.7 Å². The van der Waals surface area contributed by atoms with Crippen molar-refractivity contribution in [1.29, 1.82) is 0 Å². The Balaban J connectivity index is 1.80. The molecule has 128 valence electrons. The van der Waals surface area contributed by atoms with Crippen molar-refractivity contribution >= 4 is 0 Å². The molecule has 0 spiro atoms. The van der Waals surface area contributed by atoms with Gasteiger partial charge >= 0.3 is 0 Å². The van der Waals surface area contributed by atoms with Crippen molar-refractivity contribution in [2.75, 3.05) is 6.61 Å². The molecular weight excluding hydrogens is 288 g/mol. The molecule has 23 heavy (non-hydrogen) atoms. The first kappa shape index (κ1) is 16.9. The summed E-state index contributed by atoms with van der Waals surface area (Å²) in [5.41, 5.74) is 3.23. The number of ether oxygens (including phenoxy) is 2. The molecule has 4 unspecified atom stereocenters. The van der Waals surface area contributed by atoms with Crippen LogP contribution in [-0.2, 0) is 9.47 Å². The zero-order chi connectivity index (χ0) is 16.7. The summed E-state index contributed by atoms with van der Waals surface area (Å²) in [5, 5.41) is 10.6. The van der Waals surface area contributed by atoms with Gasteiger partial charge in [-0.15, -0.1) is 0 Å². The smallest absolute Gasteiger partial charge is 0.0977 e. The molecule has 0 aromatic carbocycles. The maximum Gasteiger partial charge on any atom is 0.0977 e. The molecule has 1 saturated heterocycles. The highest BCUT2D eigenvalue weighted by Crippen LogP contribution is 2.43. The molecule has 1 fully saturated rings. The Morgan fingerprint density at radius 1 is 1.22 bits per heavy atom. The standard InChI is InChI=1S/C20H30O3/c1-14-6-7-18-20(4,23-18)10-5-9-19(3,21)11-8-16-15(2)13-22-17(16)12-14/h5,9,12,17-18,21H,6-8,10-11,13H2,1-4H3. The molecule has 3 rings (SSSR count). The number of epoxide rings is 1. The van der Waals surface area contributed by atoms with Gasteiger partial charge in [0, 0.05) is 0 Å². The minimum absolute atomic E-state index is 0.0392. The van der Waals surface area contributed by atoms with E-state index in [0.29, 0.717) is 12.7 Å². The van der Waals surface area contributed by atoms with E-state index < -0.39 is 5.60 Å². The van der Waals surface area contributed by atoms with Crippen LogP contribution in [0, 0.1) is 0 Å². The Hall–Kier alpha value is -0.900. The second kappa shape index (κ2) is 6.19. The van der Waals surface area contributed by atoms with Crippen LogP contribution in [0.4, 0.5) is 0 Å². The summed E-state index contributed by atoms with van der Waals surface area (Å²) in [7, 11) is 0. The quantitative estimate of drug-likeness (QED) is 0.540. The second-order valence-corrected chi connectivity index (χ2v) is 7.97. The van der Waals surface area contributed by atoms with E-state index in [9.17, 15) is 5.11 Å². The van der Waals surface area contributed by atoms with Crippen LogP contribution < -0.4 is 0 Å². The molecule has 1 N–H and O–H groups in total. The zero-order valence-corrected chi connectivity index (χ0v) is 14.9. The predicted molar refractivity (Wildman–Crippen MR) is 92.3 cm³/mol. The summed E-state index contributed by atoms with van der Waals surface area (Å²) in [6.45, 7) is 9.12. The van der Waals surface area contributed by atoms with Gasteiger partial charge in [-0.2, -0.15) is 0 Å². The van der Waals surface area contributed by atoms with Crippen molar-refractivity contribution in [2.24, 2.45) is 0 Å². The van der Waals surface area contributed by atoms with Crippen LogP contribution >= 0.6 is 0 Å². The lowest BCUT2D eigenvalue weighted by molar-refractivity contribution is 0.0985. The largest absolute Gasteiger partial charge is 0.386 e. The van der Waals surface area contributed by atoms with Gasteiger partial charge in [0.15, 0.2) is 0 Å².